The van der Waals surface area contributed by atoms with Crippen LogP contribution < -0.4 is 11.1 Å². The molecule has 4 rings (SSSR count). The first-order chi connectivity index (χ1) is 13.5. The molecular weight excluding hydrogens is 372 g/mol. The molecule has 1 saturated carbocycles. The molecule has 0 radical (unpaired) electrons. The molecule has 0 bridgehead atoms. The van der Waals surface area contributed by atoms with Gasteiger partial charge in [-0.25, -0.2) is 15.0 Å². The quantitative estimate of drug-likeness (QED) is 0.640. The summed E-state index contributed by atoms with van der Waals surface area (Å²) >= 11 is 5.99. The molecule has 1 aromatic carbocycles. The zero-order valence-corrected chi connectivity index (χ0v) is 17.6. The number of imidazole rings is 1. The Morgan fingerprint density at radius 1 is 1.25 bits per heavy atom. The lowest BCUT2D eigenvalue weighted by Crippen LogP contribution is -2.30. The summed E-state index contributed by atoms with van der Waals surface area (Å²) < 4.78 is 1.99. The molecule has 0 aliphatic heterocycles. The third-order valence-corrected chi connectivity index (χ3v) is 5.42. The highest BCUT2D eigenvalue weighted by atomic mass is 35.5. The molecule has 2 atom stereocenters. The van der Waals surface area contributed by atoms with Crippen LogP contribution in [0.5, 0.6) is 0 Å². The van der Waals surface area contributed by atoms with Crippen molar-refractivity contribution < 1.29 is 0 Å². The second-order valence-electron chi connectivity index (χ2n) is 7.38. The Labute approximate surface area is 171 Å². The van der Waals surface area contributed by atoms with Crippen LogP contribution in [0.25, 0.3) is 11.2 Å². The lowest BCUT2D eigenvalue weighted by molar-refractivity contribution is 0.331. The number of hydrogen-bond acceptors (Lipinski definition) is 5. The van der Waals surface area contributed by atoms with E-state index in [4.69, 9.17) is 17.3 Å². The highest BCUT2D eigenvalue weighted by molar-refractivity contribution is 6.30. The average Bonchev–Trinajstić information content (AvgIpc) is 3.08. The molecule has 1 aliphatic carbocycles. The highest BCUT2D eigenvalue weighted by Gasteiger charge is 2.16. The van der Waals surface area contributed by atoms with E-state index in [9.17, 15) is 0 Å². The molecule has 2 aromatic heterocycles. The van der Waals surface area contributed by atoms with Crippen LogP contribution in [-0.4, -0.2) is 25.6 Å². The van der Waals surface area contributed by atoms with Gasteiger partial charge in [-0.3, -0.25) is 0 Å². The van der Waals surface area contributed by atoms with Crippen molar-refractivity contribution in [2.45, 2.75) is 59.0 Å². The van der Waals surface area contributed by atoms with Gasteiger partial charge in [0.05, 0.1) is 6.33 Å². The van der Waals surface area contributed by atoms with Gasteiger partial charge in [-0.1, -0.05) is 37.4 Å². The number of aryl methyl sites for hydroxylation is 2. The molecule has 1 aliphatic rings. The van der Waals surface area contributed by atoms with E-state index in [1.165, 1.54) is 25.7 Å². The molecule has 28 heavy (non-hydrogen) atoms. The number of nitrogens with one attached hydrogen (secondary N) is 1. The number of nitrogens with two attached hydrogens (primary N) is 1. The van der Waals surface area contributed by atoms with Crippen molar-refractivity contribution in [2.75, 3.05) is 5.32 Å². The van der Waals surface area contributed by atoms with Crippen LogP contribution in [-0.2, 0) is 6.54 Å². The van der Waals surface area contributed by atoms with Crippen molar-refractivity contribution in [2.24, 2.45) is 11.7 Å². The molecule has 150 valence electrons. The van der Waals surface area contributed by atoms with Gasteiger partial charge in [-0.05, 0) is 50.8 Å². The molecule has 0 spiro atoms. The van der Waals surface area contributed by atoms with Gasteiger partial charge in [0, 0.05) is 23.3 Å². The van der Waals surface area contributed by atoms with Crippen molar-refractivity contribution in [1.82, 2.24) is 19.5 Å². The molecule has 7 heteroatoms. The van der Waals surface area contributed by atoms with E-state index in [1.54, 1.807) is 6.33 Å². The van der Waals surface area contributed by atoms with E-state index in [1.807, 2.05) is 35.8 Å². The molecule has 0 amide bonds. The number of benzene rings is 1. The third-order valence-electron chi connectivity index (χ3n) is 5.18. The SMILES string of the molecule is CC1CCCCC1N.CCn1cnc2c(Nc3cccc(Cl)c3)nc(C)nc21. The van der Waals surface area contributed by atoms with Gasteiger partial charge >= 0.3 is 0 Å². The molecular formula is C21H29ClN6. The molecule has 2 unspecified atom stereocenters. The predicted octanol–water partition coefficient (Wildman–Crippen LogP) is 5.08. The van der Waals surface area contributed by atoms with Gasteiger partial charge < -0.3 is 15.6 Å². The van der Waals surface area contributed by atoms with E-state index < -0.39 is 0 Å². The predicted molar refractivity (Wildman–Crippen MR) is 116 cm³/mol. The normalized spacial score (nSPS) is 19.2. The maximum Gasteiger partial charge on any atom is 0.165 e. The van der Waals surface area contributed by atoms with E-state index in [0.29, 0.717) is 22.7 Å². The summed E-state index contributed by atoms with van der Waals surface area (Å²) in [7, 11) is 0. The number of nitrogens with zero attached hydrogens (tertiary/aromatic N) is 4. The summed E-state index contributed by atoms with van der Waals surface area (Å²) in [6, 6.07) is 8.01. The zero-order valence-electron chi connectivity index (χ0n) is 16.8. The Morgan fingerprint density at radius 2 is 2.04 bits per heavy atom. The van der Waals surface area contributed by atoms with Crippen molar-refractivity contribution in [3.63, 3.8) is 0 Å². The number of rotatable bonds is 3. The fraction of sp³-hybridized carbons (Fsp3) is 0.476. The summed E-state index contributed by atoms with van der Waals surface area (Å²) in [5.41, 5.74) is 8.26. The van der Waals surface area contributed by atoms with Crippen LogP contribution >= 0.6 is 11.6 Å². The molecule has 0 saturated heterocycles. The minimum atomic E-state index is 0.503. The lowest BCUT2D eigenvalue weighted by Gasteiger charge is -2.24. The summed E-state index contributed by atoms with van der Waals surface area (Å²) in [6.45, 7) is 7.01. The zero-order chi connectivity index (χ0) is 20.1. The topological polar surface area (TPSA) is 81.7 Å². The average molecular weight is 401 g/mol. The third kappa shape index (κ3) is 5.00. The molecule has 1 fully saturated rings. The van der Waals surface area contributed by atoms with Gasteiger partial charge in [0.15, 0.2) is 17.0 Å². The summed E-state index contributed by atoms with van der Waals surface area (Å²) in [4.78, 5) is 13.3. The van der Waals surface area contributed by atoms with Crippen LogP contribution in [0.2, 0.25) is 5.02 Å². The first kappa shape index (κ1) is 20.6. The number of fused-ring (bicyclic) bond motifs is 1. The van der Waals surface area contributed by atoms with Crippen molar-refractivity contribution >= 4 is 34.3 Å². The fourth-order valence-electron chi connectivity index (χ4n) is 3.42. The van der Waals surface area contributed by atoms with Crippen molar-refractivity contribution in [1.29, 1.82) is 0 Å². The Kier molecular flexibility index (Phi) is 6.86. The molecule has 6 nitrogen and oxygen atoms in total. The number of aromatic nitrogens is 4. The highest BCUT2D eigenvalue weighted by Crippen LogP contribution is 2.24. The van der Waals surface area contributed by atoms with Gasteiger partial charge in [0.2, 0.25) is 0 Å². The second kappa shape index (κ2) is 9.34. The van der Waals surface area contributed by atoms with Gasteiger partial charge in [-0.15, -0.1) is 0 Å². The maximum absolute atomic E-state index is 5.99. The molecule has 2 heterocycles. The largest absolute Gasteiger partial charge is 0.338 e. The van der Waals surface area contributed by atoms with Crippen LogP contribution in [0.15, 0.2) is 30.6 Å². The van der Waals surface area contributed by atoms with Crippen LogP contribution in [0.4, 0.5) is 11.5 Å². The van der Waals surface area contributed by atoms with Crippen molar-refractivity contribution in [3.8, 4) is 0 Å². The van der Waals surface area contributed by atoms with Gasteiger partial charge in [0.1, 0.15) is 5.82 Å². The maximum atomic E-state index is 5.99. The minimum Gasteiger partial charge on any atom is -0.338 e. The second-order valence-corrected chi connectivity index (χ2v) is 7.82. The van der Waals surface area contributed by atoms with E-state index in [-0.39, 0.29) is 0 Å². The number of halogens is 1. The Bertz CT molecular complexity index is 912. The molecule has 3 N–H and O–H groups in total. The first-order valence-corrected chi connectivity index (χ1v) is 10.3. The molecule has 3 aromatic rings. The van der Waals surface area contributed by atoms with Crippen LogP contribution in [0.3, 0.4) is 0 Å². The fourth-order valence-corrected chi connectivity index (χ4v) is 3.61. The van der Waals surface area contributed by atoms with Crippen molar-refractivity contribution in [3.05, 3.63) is 41.4 Å². The van der Waals surface area contributed by atoms with Gasteiger partial charge in [-0.2, -0.15) is 0 Å². The summed E-state index contributed by atoms with van der Waals surface area (Å²) in [5.74, 6) is 2.18. The van der Waals surface area contributed by atoms with E-state index in [2.05, 4.69) is 34.1 Å². The number of anilines is 2. The Hall–Kier alpha value is -2.18. The lowest BCUT2D eigenvalue weighted by atomic mass is 9.87. The minimum absolute atomic E-state index is 0.503. The smallest absolute Gasteiger partial charge is 0.165 e. The van der Waals surface area contributed by atoms with E-state index >= 15 is 0 Å². The number of hydrogen-bond donors (Lipinski definition) is 2. The van der Waals surface area contributed by atoms with Crippen LogP contribution in [0, 0.1) is 12.8 Å². The van der Waals surface area contributed by atoms with Crippen LogP contribution in [0.1, 0.15) is 45.4 Å². The van der Waals surface area contributed by atoms with E-state index in [0.717, 1.165) is 29.3 Å². The van der Waals surface area contributed by atoms with Gasteiger partial charge in [0.25, 0.3) is 0 Å². The Morgan fingerprint density at radius 3 is 2.68 bits per heavy atom. The Balaban J connectivity index is 0.000000236. The standard InChI is InChI=1S/C14H14ClN5.C7H15N/c1-3-20-8-16-12-13(17-9(2)18-14(12)20)19-11-6-4-5-10(15)7-11;1-6-4-2-3-5-7(6)8/h4-8H,3H2,1-2H3,(H,17,18,19);6-7H,2-5,8H2,1H3. The first-order valence-electron chi connectivity index (χ1n) is 9.95. The summed E-state index contributed by atoms with van der Waals surface area (Å²) in [6.07, 6.45) is 7.13. The monoisotopic (exact) mass is 400 g/mol. The summed E-state index contributed by atoms with van der Waals surface area (Å²) in [5, 5.41) is 3.93.